The number of rotatable bonds is 4. The first-order chi connectivity index (χ1) is 6.63. The zero-order valence-corrected chi connectivity index (χ0v) is 8.91. The highest BCUT2D eigenvalue weighted by Crippen LogP contribution is 2.15. The maximum Gasteiger partial charge on any atom is 0.162 e. The van der Waals surface area contributed by atoms with Crippen LogP contribution in [-0.2, 0) is 0 Å². The van der Waals surface area contributed by atoms with E-state index in [0.717, 1.165) is 11.3 Å². The van der Waals surface area contributed by atoms with Crippen molar-refractivity contribution in [3.05, 3.63) is 29.8 Å². The molecule has 0 aliphatic rings. The molecule has 0 fully saturated rings. The molecule has 0 atom stereocenters. The van der Waals surface area contributed by atoms with Gasteiger partial charge in [0.05, 0.1) is 6.10 Å². The van der Waals surface area contributed by atoms with Gasteiger partial charge >= 0.3 is 0 Å². The Hall–Kier alpha value is -1.31. The van der Waals surface area contributed by atoms with Crippen molar-refractivity contribution >= 4 is 5.78 Å². The standard InChI is InChI=1S/C12H16O2/c1-4-12(13)10-6-5-7-11(8-10)14-9(2)3/h5-9H,4H2,1-3H3. The van der Waals surface area contributed by atoms with E-state index < -0.39 is 0 Å². The van der Waals surface area contributed by atoms with E-state index >= 15 is 0 Å². The molecule has 0 radical (unpaired) electrons. The lowest BCUT2D eigenvalue weighted by molar-refractivity contribution is 0.0987. The Morgan fingerprint density at radius 3 is 2.71 bits per heavy atom. The van der Waals surface area contributed by atoms with E-state index in [1.165, 1.54) is 0 Å². The molecule has 2 heteroatoms. The lowest BCUT2D eigenvalue weighted by atomic mass is 10.1. The van der Waals surface area contributed by atoms with Gasteiger partial charge in [0.15, 0.2) is 5.78 Å². The summed E-state index contributed by atoms with van der Waals surface area (Å²) >= 11 is 0. The number of ether oxygens (including phenoxy) is 1. The van der Waals surface area contributed by atoms with Crippen LogP contribution in [0.2, 0.25) is 0 Å². The molecule has 0 saturated carbocycles. The molecule has 0 N–H and O–H groups in total. The minimum atomic E-state index is 0.141. The summed E-state index contributed by atoms with van der Waals surface area (Å²) in [4.78, 5) is 11.4. The van der Waals surface area contributed by atoms with Crippen molar-refractivity contribution in [3.63, 3.8) is 0 Å². The third-order valence-corrected chi connectivity index (χ3v) is 1.85. The molecule has 76 valence electrons. The van der Waals surface area contributed by atoms with Gasteiger partial charge in [0.25, 0.3) is 0 Å². The molecule has 0 amide bonds. The van der Waals surface area contributed by atoms with Gasteiger partial charge in [-0.2, -0.15) is 0 Å². The van der Waals surface area contributed by atoms with Crippen molar-refractivity contribution in [1.29, 1.82) is 0 Å². The average Bonchev–Trinajstić information content (AvgIpc) is 2.16. The molecule has 0 bridgehead atoms. The Morgan fingerprint density at radius 1 is 1.43 bits per heavy atom. The summed E-state index contributed by atoms with van der Waals surface area (Å²) in [5.41, 5.74) is 0.727. The molecule has 0 heterocycles. The van der Waals surface area contributed by atoms with Gasteiger partial charge in [-0.05, 0) is 26.0 Å². The van der Waals surface area contributed by atoms with Crippen molar-refractivity contribution in [2.45, 2.75) is 33.3 Å². The monoisotopic (exact) mass is 192 g/mol. The Bertz CT molecular complexity index is 316. The molecule has 1 aromatic rings. The molecule has 0 spiro atoms. The SMILES string of the molecule is CCC(=O)c1cccc(OC(C)C)c1. The van der Waals surface area contributed by atoms with Crippen molar-refractivity contribution in [2.24, 2.45) is 0 Å². The summed E-state index contributed by atoms with van der Waals surface area (Å²) in [5.74, 6) is 0.915. The van der Waals surface area contributed by atoms with Gasteiger partial charge in [-0.1, -0.05) is 19.1 Å². The Labute approximate surface area is 84.9 Å². The fourth-order valence-electron chi connectivity index (χ4n) is 1.22. The lowest BCUT2D eigenvalue weighted by Crippen LogP contribution is -2.06. The van der Waals surface area contributed by atoms with Crippen LogP contribution in [0.5, 0.6) is 5.75 Å². The van der Waals surface area contributed by atoms with Crippen molar-refractivity contribution in [1.82, 2.24) is 0 Å². The van der Waals surface area contributed by atoms with Crippen LogP contribution in [0.25, 0.3) is 0 Å². The summed E-state index contributed by atoms with van der Waals surface area (Å²) in [7, 11) is 0. The fourth-order valence-corrected chi connectivity index (χ4v) is 1.22. The second kappa shape index (κ2) is 4.80. The topological polar surface area (TPSA) is 26.3 Å². The van der Waals surface area contributed by atoms with Crippen LogP contribution in [0, 0.1) is 0 Å². The molecular weight excluding hydrogens is 176 g/mol. The van der Waals surface area contributed by atoms with Gasteiger partial charge in [-0.15, -0.1) is 0 Å². The zero-order valence-electron chi connectivity index (χ0n) is 8.91. The molecule has 0 aliphatic heterocycles. The average molecular weight is 192 g/mol. The summed E-state index contributed by atoms with van der Waals surface area (Å²) in [6, 6.07) is 7.33. The van der Waals surface area contributed by atoms with Crippen LogP contribution < -0.4 is 4.74 Å². The number of Topliss-reactive ketones (excluding diaryl/α,β-unsaturated/α-hetero) is 1. The van der Waals surface area contributed by atoms with Crippen LogP contribution >= 0.6 is 0 Å². The Kier molecular flexibility index (Phi) is 3.69. The van der Waals surface area contributed by atoms with Crippen LogP contribution in [0.1, 0.15) is 37.6 Å². The minimum Gasteiger partial charge on any atom is -0.491 e. The van der Waals surface area contributed by atoms with Gasteiger partial charge in [-0.25, -0.2) is 0 Å². The molecule has 1 rings (SSSR count). The van der Waals surface area contributed by atoms with Gasteiger partial charge in [-0.3, -0.25) is 4.79 Å². The fraction of sp³-hybridized carbons (Fsp3) is 0.417. The second-order valence-corrected chi connectivity index (χ2v) is 3.47. The van der Waals surface area contributed by atoms with Crippen LogP contribution in [0.15, 0.2) is 24.3 Å². The smallest absolute Gasteiger partial charge is 0.162 e. The van der Waals surface area contributed by atoms with Crippen LogP contribution in [0.4, 0.5) is 0 Å². The van der Waals surface area contributed by atoms with E-state index in [1.807, 2.05) is 39.0 Å². The highest BCUT2D eigenvalue weighted by molar-refractivity contribution is 5.96. The number of ketones is 1. The molecule has 0 unspecified atom stereocenters. The molecule has 0 saturated heterocycles. The first-order valence-corrected chi connectivity index (χ1v) is 4.93. The lowest BCUT2D eigenvalue weighted by Gasteiger charge is -2.10. The van der Waals surface area contributed by atoms with E-state index in [9.17, 15) is 4.79 Å². The van der Waals surface area contributed by atoms with Gasteiger partial charge in [0, 0.05) is 12.0 Å². The quantitative estimate of drug-likeness (QED) is 0.685. The normalized spacial score (nSPS) is 10.3. The summed E-state index contributed by atoms with van der Waals surface area (Å²) < 4.78 is 5.50. The van der Waals surface area contributed by atoms with Crippen molar-refractivity contribution < 1.29 is 9.53 Å². The van der Waals surface area contributed by atoms with E-state index in [0.29, 0.717) is 6.42 Å². The number of benzene rings is 1. The van der Waals surface area contributed by atoms with Gasteiger partial charge in [0.1, 0.15) is 5.75 Å². The number of carbonyl (C=O) groups is 1. The highest BCUT2D eigenvalue weighted by atomic mass is 16.5. The Morgan fingerprint density at radius 2 is 2.14 bits per heavy atom. The Balaban J connectivity index is 2.84. The summed E-state index contributed by atoms with van der Waals surface area (Å²) in [6.45, 7) is 5.79. The third-order valence-electron chi connectivity index (χ3n) is 1.85. The number of hydrogen-bond donors (Lipinski definition) is 0. The first-order valence-electron chi connectivity index (χ1n) is 4.93. The third kappa shape index (κ3) is 2.87. The molecule has 14 heavy (non-hydrogen) atoms. The molecule has 0 aromatic heterocycles. The number of carbonyl (C=O) groups excluding carboxylic acids is 1. The first kappa shape index (κ1) is 10.8. The van der Waals surface area contributed by atoms with Gasteiger partial charge in [0.2, 0.25) is 0 Å². The second-order valence-electron chi connectivity index (χ2n) is 3.47. The highest BCUT2D eigenvalue weighted by Gasteiger charge is 2.04. The maximum atomic E-state index is 11.4. The predicted molar refractivity (Wildman–Crippen MR) is 56.8 cm³/mol. The molecule has 1 aromatic carbocycles. The van der Waals surface area contributed by atoms with E-state index in [4.69, 9.17) is 4.74 Å². The van der Waals surface area contributed by atoms with E-state index in [2.05, 4.69) is 0 Å². The predicted octanol–water partition coefficient (Wildman–Crippen LogP) is 3.07. The van der Waals surface area contributed by atoms with Crippen molar-refractivity contribution in [3.8, 4) is 5.75 Å². The molecular formula is C12H16O2. The minimum absolute atomic E-state index is 0.141. The molecule has 0 aliphatic carbocycles. The summed E-state index contributed by atoms with van der Waals surface area (Å²) in [5, 5.41) is 0. The summed E-state index contributed by atoms with van der Waals surface area (Å²) in [6.07, 6.45) is 0.674. The largest absolute Gasteiger partial charge is 0.491 e. The van der Waals surface area contributed by atoms with E-state index in [-0.39, 0.29) is 11.9 Å². The maximum absolute atomic E-state index is 11.4. The van der Waals surface area contributed by atoms with Crippen LogP contribution in [0.3, 0.4) is 0 Å². The van der Waals surface area contributed by atoms with Crippen LogP contribution in [-0.4, -0.2) is 11.9 Å². The van der Waals surface area contributed by atoms with Crippen molar-refractivity contribution in [2.75, 3.05) is 0 Å². The van der Waals surface area contributed by atoms with Gasteiger partial charge < -0.3 is 4.74 Å². The zero-order chi connectivity index (χ0) is 10.6. The molecule has 2 nitrogen and oxygen atoms in total. The number of hydrogen-bond acceptors (Lipinski definition) is 2. The van der Waals surface area contributed by atoms with E-state index in [1.54, 1.807) is 6.07 Å².